The van der Waals surface area contributed by atoms with Crippen molar-refractivity contribution in [1.29, 1.82) is 0 Å². The van der Waals surface area contributed by atoms with Gasteiger partial charge in [0.25, 0.3) is 0 Å². The molecule has 0 aromatic heterocycles. The molecule has 1 rings (SSSR count). The van der Waals surface area contributed by atoms with Gasteiger partial charge in [0.2, 0.25) is 0 Å². The van der Waals surface area contributed by atoms with Crippen molar-refractivity contribution in [2.45, 2.75) is 41.5 Å². The van der Waals surface area contributed by atoms with Crippen LogP contribution in [0, 0.1) is 34.6 Å². The Morgan fingerprint density at radius 2 is 1.25 bits per heavy atom. The van der Waals surface area contributed by atoms with Crippen molar-refractivity contribution in [1.82, 2.24) is 0 Å². The smallest absolute Gasteiger partial charge is 0.0470 e. The lowest BCUT2D eigenvalue weighted by Crippen LogP contribution is -2.18. The summed E-state index contributed by atoms with van der Waals surface area (Å²) < 4.78 is 0. The van der Waals surface area contributed by atoms with E-state index in [2.05, 4.69) is 53.0 Å². The molecular formula is C15H23N. The SMILES string of the molecule is C=CN(CC)c1c(C)c(C)c(C)c(C)c1C. The van der Waals surface area contributed by atoms with E-state index in [-0.39, 0.29) is 0 Å². The molecule has 88 valence electrons. The third-order valence-electron chi connectivity index (χ3n) is 3.81. The quantitative estimate of drug-likeness (QED) is 0.733. The molecule has 0 fully saturated rings. The zero-order chi connectivity index (χ0) is 12.5. The van der Waals surface area contributed by atoms with E-state index >= 15 is 0 Å². The highest BCUT2D eigenvalue weighted by molar-refractivity contribution is 5.67. The minimum Gasteiger partial charge on any atom is -0.348 e. The standard InChI is InChI=1S/C15H23N/c1-8-16(9-2)15-13(6)11(4)10(3)12(5)14(15)7/h8H,1,9H2,2-7H3. The van der Waals surface area contributed by atoms with Gasteiger partial charge >= 0.3 is 0 Å². The molecule has 1 aromatic rings. The van der Waals surface area contributed by atoms with Crippen molar-refractivity contribution in [2.75, 3.05) is 11.4 Å². The van der Waals surface area contributed by atoms with Crippen LogP contribution < -0.4 is 4.90 Å². The third-order valence-corrected chi connectivity index (χ3v) is 3.81. The highest BCUT2D eigenvalue weighted by Gasteiger charge is 2.14. The van der Waals surface area contributed by atoms with Crippen molar-refractivity contribution in [3.63, 3.8) is 0 Å². The predicted molar refractivity (Wildman–Crippen MR) is 73.3 cm³/mol. The van der Waals surface area contributed by atoms with Crippen molar-refractivity contribution >= 4 is 5.69 Å². The highest BCUT2D eigenvalue weighted by atomic mass is 15.1. The van der Waals surface area contributed by atoms with Crippen LogP contribution in [0.5, 0.6) is 0 Å². The summed E-state index contributed by atoms with van der Waals surface area (Å²) in [7, 11) is 0. The van der Waals surface area contributed by atoms with Crippen LogP contribution in [0.4, 0.5) is 5.69 Å². The van der Waals surface area contributed by atoms with E-state index in [0.717, 1.165) is 6.54 Å². The summed E-state index contributed by atoms with van der Waals surface area (Å²) >= 11 is 0. The number of nitrogens with zero attached hydrogens (tertiary/aromatic N) is 1. The zero-order valence-corrected chi connectivity index (χ0v) is 11.4. The second-order valence-corrected chi connectivity index (χ2v) is 4.44. The van der Waals surface area contributed by atoms with Crippen molar-refractivity contribution in [2.24, 2.45) is 0 Å². The Kier molecular flexibility index (Phi) is 3.79. The minimum atomic E-state index is 0.965. The first kappa shape index (κ1) is 12.8. The van der Waals surface area contributed by atoms with Crippen molar-refractivity contribution < 1.29 is 0 Å². The largest absolute Gasteiger partial charge is 0.348 e. The number of rotatable bonds is 3. The van der Waals surface area contributed by atoms with Crippen LogP contribution in [0.1, 0.15) is 34.7 Å². The maximum absolute atomic E-state index is 3.90. The zero-order valence-electron chi connectivity index (χ0n) is 11.4. The van der Waals surface area contributed by atoms with Crippen LogP contribution in [0.15, 0.2) is 12.8 Å². The fraction of sp³-hybridized carbons (Fsp3) is 0.467. The van der Waals surface area contributed by atoms with E-state index in [1.807, 2.05) is 6.20 Å². The molecule has 0 spiro atoms. The van der Waals surface area contributed by atoms with E-state index in [9.17, 15) is 0 Å². The van der Waals surface area contributed by atoms with E-state index in [0.29, 0.717) is 0 Å². The fourth-order valence-electron chi connectivity index (χ4n) is 2.29. The summed E-state index contributed by atoms with van der Waals surface area (Å²) in [4.78, 5) is 2.23. The van der Waals surface area contributed by atoms with E-state index in [1.165, 1.54) is 33.5 Å². The second-order valence-electron chi connectivity index (χ2n) is 4.44. The van der Waals surface area contributed by atoms with Crippen LogP contribution in [0.2, 0.25) is 0 Å². The predicted octanol–water partition coefficient (Wildman–Crippen LogP) is 4.20. The van der Waals surface area contributed by atoms with Gasteiger partial charge in [-0.15, -0.1) is 0 Å². The first-order valence-corrected chi connectivity index (χ1v) is 5.91. The van der Waals surface area contributed by atoms with Crippen molar-refractivity contribution in [3.05, 3.63) is 40.6 Å². The Labute approximate surface area is 99.8 Å². The Bertz CT molecular complexity index is 387. The minimum absolute atomic E-state index is 0.965. The topological polar surface area (TPSA) is 3.24 Å². The Balaban J connectivity index is 3.56. The number of hydrogen-bond donors (Lipinski definition) is 0. The van der Waals surface area contributed by atoms with E-state index in [1.54, 1.807) is 0 Å². The Hall–Kier alpha value is -1.24. The van der Waals surface area contributed by atoms with Crippen LogP contribution in [0.3, 0.4) is 0 Å². The van der Waals surface area contributed by atoms with Gasteiger partial charge in [0.05, 0.1) is 0 Å². The summed E-state index contributed by atoms with van der Waals surface area (Å²) in [6.07, 6.45) is 1.92. The average Bonchev–Trinajstić information content (AvgIpc) is 2.29. The molecule has 0 unspecified atom stereocenters. The highest BCUT2D eigenvalue weighted by Crippen LogP contribution is 2.32. The number of hydrogen-bond acceptors (Lipinski definition) is 1. The second kappa shape index (κ2) is 4.73. The van der Waals surface area contributed by atoms with Gasteiger partial charge < -0.3 is 4.90 Å². The molecule has 0 atom stereocenters. The Morgan fingerprint density at radius 3 is 1.56 bits per heavy atom. The lowest BCUT2D eigenvalue weighted by atomic mass is 9.92. The van der Waals surface area contributed by atoms with Gasteiger partial charge in [0.1, 0.15) is 0 Å². The number of anilines is 1. The monoisotopic (exact) mass is 217 g/mol. The maximum atomic E-state index is 3.90. The number of benzene rings is 1. The lowest BCUT2D eigenvalue weighted by Gasteiger charge is -2.26. The molecular weight excluding hydrogens is 194 g/mol. The van der Waals surface area contributed by atoms with Gasteiger partial charge in [-0.2, -0.15) is 0 Å². The van der Waals surface area contributed by atoms with Crippen LogP contribution >= 0.6 is 0 Å². The van der Waals surface area contributed by atoms with Crippen molar-refractivity contribution in [3.8, 4) is 0 Å². The first-order valence-electron chi connectivity index (χ1n) is 5.91. The van der Waals surface area contributed by atoms with Crippen LogP contribution in [-0.4, -0.2) is 6.54 Å². The molecule has 0 aliphatic carbocycles. The van der Waals surface area contributed by atoms with Gasteiger partial charge in [0.15, 0.2) is 0 Å². The molecule has 1 aromatic carbocycles. The summed E-state index contributed by atoms with van der Waals surface area (Å²) in [5.74, 6) is 0. The molecule has 0 aliphatic heterocycles. The molecule has 0 heterocycles. The van der Waals surface area contributed by atoms with Gasteiger partial charge in [-0.25, -0.2) is 0 Å². The molecule has 0 saturated carbocycles. The fourth-order valence-corrected chi connectivity index (χ4v) is 2.29. The van der Waals surface area contributed by atoms with E-state index in [4.69, 9.17) is 0 Å². The van der Waals surface area contributed by atoms with Crippen LogP contribution in [0.25, 0.3) is 0 Å². The van der Waals surface area contributed by atoms with Gasteiger partial charge in [-0.1, -0.05) is 6.58 Å². The molecule has 0 saturated heterocycles. The molecule has 0 radical (unpaired) electrons. The average molecular weight is 217 g/mol. The van der Waals surface area contributed by atoms with Crippen LogP contribution in [-0.2, 0) is 0 Å². The molecule has 0 bridgehead atoms. The molecule has 0 N–H and O–H groups in total. The summed E-state index contributed by atoms with van der Waals surface area (Å²) in [6, 6.07) is 0. The molecule has 0 amide bonds. The molecule has 1 nitrogen and oxygen atoms in total. The molecule has 0 aliphatic rings. The van der Waals surface area contributed by atoms with E-state index < -0.39 is 0 Å². The summed E-state index contributed by atoms with van der Waals surface area (Å²) in [5.41, 5.74) is 8.30. The Morgan fingerprint density at radius 1 is 0.875 bits per heavy atom. The summed E-state index contributed by atoms with van der Waals surface area (Å²) in [5, 5.41) is 0. The summed E-state index contributed by atoms with van der Waals surface area (Å²) in [6.45, 7) is 18.0. The maximum Gasteiger partial charge on any atom is 0.0470 e. The first-order chi connectivity index (χ1) is 7.45. The lowest BCUT2D eigenvalue weighted by molar-refractivity contribution is 0.989. The van der Waals surface area contributed by atoms with Gasteiger partial charge in [-0.3, -0.25) is 0 Å². The normalized spacial score (nSPS) is 10.4. The third kappa shape index (κ3) is 1.87. The van der Waals surface area contributed by atoms with Gasteiger partial charge in [-0.05, 0) is 75.6 Å². The van der Waals surface area contributed by atoms with Gasteiger partial charge in [0, 0.05) is 12.2 Å². The molecule has 16 heavy (non-hydrogen) atoms. The molecule has 1 heteroatoms.